The number of hydrogen-bond acceptors (Lipinski definition) is 3. The molecule has 0 aromatic carbocycles. The number of aliphatic hydroxyl groups is 2. The van der Waals surface area contributed by atoms with Crippen LogP contribution in [0, 0.1) is 11.8 Å². The normalized spacial score (nSPS) is 32.8. The summed E-state index contributed by atoms with van der Waals surface area (Å²) in [6, 6.07) is 0. The fraction of sp³-hybridized carbons (Fsp3) is 1.00. The standard InChI is InChI=1S/C14H28O3/c1-10(2)14(8-6-7-11(3)9-14)17-12(15)13(4,5)16/h10-12,15-16H,6-9H2,1-5H3. The molecule has 1 fully saturated rings. The minimum absolute atomic E-state index is 0.281. The summed E-state index contributed by atoms with van der Waals surface area (Å²) in [5.41, 5.74) is -1.49. The molecule has 0 spiro atoms. The number of aliphatic hydroxyl groups excluding tert-OH is 1. The van der Waals surface area contributed by atoms with Crippen molar-refractivity contribution in [3.8, 4) is 0 Å². The molecule has 3 unspecified atom stereocenters. The van der Waals surface area contributed by atoms with Gasteiger partial charge in [0.05, 0.1) is 5.60 Å². The van der Waals surface area contributed by atoms with Gasteiger partial charge in [0.15, 0.2) is 6.29 Å². The van der Waals surface area contributed by atoms with Crippen LogP contribution >= 0.6 is 0 Å². The van der Waals surface area contributed by atoms with Gasteiger partial charge in [-0.1, -0.05) is 33.6 Å². The Morgan fingerprint density at radius 2 is 1.94 bits per heavy atom. The molecule has 0 amide bonds. The van der Waals surface area contributed by atoms with Crippen LogP contribution in [0.5, 0.6) is 0 Å². The fourth-order valence-electron chi connectivity index (χ4n) is 2.68. The Bertz CT molecular complexity index is 244. The lowest BCUT2D eigenvalue weighted by Crippen LogP contribution is -2.50. The molecule has 0 aromatic rings. The lowest BCUT2D eigenvalue weighted by molar-refractivity contribution is -0.272. The van der Waals surface area contributed by atoms with Crippen molar-refractivity contribution in [2.24, 2.45) is 11.8 Å². The number of rotatable bonds is 4. The van der Waals surface area contributed by atoms with Crippen LogP contribution < -0.4 is 0 Å². The first kappa shape index (κ1) is 14.9. The zero-order valence-electron chi connectivity index (χ0n) is 11.9. The molecule has 1 saturated carbocycles. The predicted octanol–water partition coefficient (Wildman–Crippen LogP) is 2.70. The number of hydrogen-bond donors (Lipinski definition) is 2. The van der Waals surface area contributed by atoms with E-state index < -0.39 is 11.9 Å². The first-order chi connectivity index (χ1) is 7.67. The minimum Gasteiger partial charge on any atom is -0.385 e. The van der Waals surface area contributed by atoms with E-state index in [9.17, 15) is 10.2 Å². The van der Waals surface area contributed by atoms with Crippen molar-refractivity contribution in [1.82, 2.24) is 0 Å². The van der Waals surface area contributed by atoms with Crippen molar-refractivity contribution in [3.05, 3.63) is 0 Å². The van der Waals surface area contributed by atoms with Crippen LogP contribution in [-0.2, 0) is 4.74 Å². The van der Waals surface area contributed by atoms with Crippen molar-refractivity contribution in [2.45, 2.75) is 77.8 Å². The molecule has 0 saturated heterocycles. The van der Waals surface area contributed by atoms with E-state index in [0.717, 1.165) is 19.3 Å². The third-order valence-corrected chi connectivity index (χ3v) is 3.99. The molecule has 3 heteroatoms. The molecule has 0 aromatic heterocycles. The van der Waals surface area contributed by atoms with Gasteiger partial charge in [-0.3, -0.25) is 0 Å². The van der Waals surface area contributed by atoms with E-state index in [0.29, 0.717) is 11.8 Å². The van der Waals surface area contributed by atoms with E-state index in [2.05, 4.69) is 20.8 Å². The Labute approximate surface area is 105 Å². The van der Waals surface area contributed by atoms with Gasteiger partial charge in [0, 0.05) is 0 Å². The van der Waals surface area contributed by atoms with E-state index in [-0.39, 0.29) is 5.60 Å². The van der Waals surface area contributed by atoms with Crippen LogP contribution in [0.3, 0.4) is 0 Å². The third kappa shape index (κ3) is 3.67. The zero-order valence-corrected chi connectivity index (χ0v) is 11.9. The minimum atomic E-state index is -1.21. The summed E-state index contributed by atoms with van der Waals surface area (Å²) < 4.78 is 5.88. The van der Waals surface area contributed by atoms with Gasteiger partial charge in [-0.2, -0.15) is 0 Å². The third-order valence-electron chi connectivity index (χ3n) is 3.99. The van der Waals surface area contributed by atoms with Crippen molar-refractivity contribution in [2.75, 3.05) is 0 Å². The van der Waals surface area contributed by atoms with Crippen LogP contribution in [0.25, 0.3) is 0 Å². The first-order valence-corrected chi connectivity index (χ1v) is 6.75. The van der Waals surface area contributed by atoms with Crippen molar-refractivity contribution in [1.29, 1.82) is 0 Å². The van der Waals surface area contributed by atoms with Gasteiger partial charge in [-0.15, -0.1) is 0 Å². The summed E-state index contributed by atoms with van der Waals surface area (Å²) in [7, 11) is 0. The lowest BCUT2D eigenvalue weighted by Gasteiger charge is -2.45. The highest BCUT2D eigenvalue weighted by Gasteiger charge is 2.42. The van der Waals surface area contributed by atoms with E-state index in [1.54, 1.807) is 13.8 Å². The smallest absolute Gasteiger partial charge is 0.183 e. The molecule has 102 valence electrons. The molecule has 1 aliphatic carbocycles. The summed E-state index contributed by atoms with van der Waals surface area (Å²) in [4.78, 5) is 0. The molecule has 0 heterocycles. The highest BCUT2D eigenvalue weighted by Crippen LogP contribution is 2.41. The monoisotopic (exact) mass is 244 g/mol. The summed E-state index contributed by atoms with van der Waals surface area (Å²) in [5.74, 6) is 0.974. The fourth-order valence-corrected chi connectivity index (χ4v) is 2.68. The zero-order chi connectivity index (χ0) is 13.3. The van der Waals surface area contributed by atoms with Gasteiger partial charge in [0.25, 0.3) is 0 Å². The maximum atomic E-state index is 9.97. The van der Waals surface area contributed by atoms with Crippen LogP contribution in [-0.4, -0.2) is 27.7 Å². The van der Waals surface area contributed by atoms with Gasteiger partial charge in [-0.05, 0) is 38.5 Å². The Morgan fingerprint density at radius 1 is 1.35 bits per heavy atom. The first-order valence-electron chi connectivity index (χ1n) is 6.75. The van der Waals surface area contributed by atoms with Crippen molar-refractivity contribution in [3.63, 3.8) is 0 Å². The second-order valence-corrected chi connectivity index (χ2v) is 6.54. The van der Waals surface area contributed by atoms with Gasteiger partial charge in [0.2, 0.25) is 0 Å². The van der Waals surface area contributed by atoms with Gasteiger partial charge >= 0.3 is 0 Å². The van der Waals surface area contributed by atoms with Crippen LogP contribution in [0.2, 0.25) is 0 Å². The molecule has 1 rings (SSSR count). The Morgan fingerprint density at radius 3 is 2.35 bits per heavy atom. The average Bonchev–Trinajstić information content (AvgIpc) is 2.15. The molecule has 0 bridgehead atoms. The Hall–Kier alpha value is -0.120. The average molecular weight is 244 g/mol. The molecule has 1 aliphatic rings. The van der Waals surface area contributed by atoms with Gasteiger partial charge in [0.1, 0.15) is 5.60 Å². The highest BCUT2D eigenvalue weighted by atomic mass is 16.6. The SMILES string of the molecule is CC1CCCC(OC(O)C(C)(C)O)(C(C)C)C1. The van der Waals surface area contributed by atoms with Crippen LogP contribution in [0.15, 0.2) is 0 Å². The largest absolute Gasteiger partial charge is 0.385 e. The molecular formula is C14H28O3. The van der Waals surface area contributed by atoms with E-state index in [1.165, 1.54) is 6.42 Å². The van der Waals surface area contributed by atoms with Crippen LogP contribution in [0.4, 0.5) is 0 Å². The van der Waals surface area contributed by atoms with E-state index >= 15 is 0 Å². The molecule has 3 nitrogen and oxygen atoms in total. The predicted molar refractivity (Wildman–Crippen MR) is 68.6 cm³/mol. The van der Waals surface area contributed by atoms with Crippen molar-refractivity contribution < 1.29 is 14.9 Å². The highest BCUT2D eigenvalue weighted by molar-refractivity contribution is 4.91. The van der Waals surface area contributed by atoms with E-state index in [4.69, 9.17) is 4.74 Å². The van der Waals surface area contributed by atoms with Gasteiger partial charge < -0.3 is 14.9 Å². The summed E-state index contributed by atoms with van der Waals surface area (Å²) >= 11 is 0. The van der Waals surface area contributed by atoms with E-state index in [1.807, 2.05) is 0 Å². The molecule has 17 heavy (non-hydrogen) atoms. The summed E-state index contributed by atoms with van der Waals surface area (Å²) in [6.45, 7) is 9.66. The summed E-state index contributed by atoms with van der Waals surface area (Å²) in [6.07, 6.45) is 3.20. The second kappa shape index (κ2) is 5.25. The van der Waals surface area contributed by atoms with Crippen molar-refractivity contribution >= 4 is 0 Å². The Balaban J connectivity index is 2.79. The Kier molecular flexibility index (Phi) is 4.61. The molecule has 2 N–H and O–H groups in total. The molecular weight excluding hydrogens is 216 g/mol. The molecule has 3 atom stereocenters. The lowest BCUT2D eigenvalue weighted by atomic mass is 9.72. The summed E-state index contributed by atoms with van der Waals surface area (Å²) in [5, 5.41) is 19.8. The maximum Gasteiger partial charge on any atom is 0.183 e. The quantitative estimate of drug-likeness (QED) is 0.748. The topological polar surface area (TPSA) is 49.7 Å². The van der Waals surface area contributed by atoms with Gasteiger partial charge in [-0.25, -0.2) is 0 Å². The molecule has 0 radical (unpaired) electrons. The number of ether oxygens (including phenoxy) is 1. The maximum absolute atomic E-state index is 9.97. The molecule has 0 aliphatic heterocycles. The second-order valence-electron chi connectivity index (χ2n) is 6.54. The van der Waals surface area contributed by atoms with Crippen LogP contribution in [0.1, 0.15) is 60.3 Å².